The van der Waals surface area contributed by atoms with Crippen LogP contribution in [0.2, 0.25) is 0 Å². The van der Waals surface area contributed by atoms with Gasteiger partial charge in [0.15, 0.2) is 5.75 Å². The molecule has 0 aromatic heterocycles. The summed E-state index contributed by atoms with van der Waals surface area (Å²) in [6.07, 6.45) is -4.64. The molecule has 0 unspecified atom stereocenters. The molecule has 9 heteroatoms. The zero-order chi connectivity index (χ0) is 18.4. The fourth-order valence-electron chi connectivity index (χ4n) is 1.80. The summed E-state index contributed by atoms with van der Waals surface area (Å²) in [5, 5.41) is 4.40. The molecule has 0 atom stereocenters. The molecule has 0 saturated carbocycles. The monoisotopic (exact) mass is 358 g/mol. The summed E-state index contributed by atoms with van der Waals surface area (Å²) in [5.41, 5.74) is -1.32. The third-order valence-corrected chi connectivity index (χ3v) is 2.93. The molecule has 0 heterocycles. The van der Waals surface area contributed by atoms with E-state index in [2.05, 4.69) is 5.32 Å². The van der Waals surface area contributed by atoms with E-state index in [1.165, 1.54) is 24.3 Å². The average Bonchev–Trinajstić information content (AvgIpc) is 2.55. The minimum Gasteiger partial charge on any atom is -0.338 e. The number of carbonyl (C=O) groups is 1. The summed E-state index contributed by atoms with van der Waals surface area (Å²) >= 11 is 0. The van der Waals surface area contributed by atoms with Gasteiger partial charge in [-0.2, -0.15) is 18.1 Å². The first-order chi connectivity index (χ1) is 11.8. The Labute approximate surface area is 140 Å². The molecule has 2 rings (SSSR count). The first-order valence-corrected chi connectivity index (χ1v) is 7.14. The maximum atomic E-state index is 13.6. The Balaban J connectivity index is 2.02. The van der Waals surface area contributed by atoms with Gasteiger partial charge in [-0.25, -0.2) is 9.18 Å². The molecule has 0 aliphatic heterocycles. The summed E-state index contributed by atoms with van der Waals surface area (Å²) in [4.78, 5) is 21.5. The number of hydrogen-bond donors (Lipinski definition) is 2. The van der Waals surface area contributed by atoms with Crippen LogP contribution in [0.4, 0.5) is 33.7 Å². The Morgan fingerprint density at radius 3 is 2.36 bits per heavy atom. The fraction of sp³-hybridized carbons (Fsp3) is 0.188. The Hall–Kier alpha value is -2.81. The number of urea groups is 1. The molecule has 0 spiro atoms. The van der Waals surface area contributed by atoms with Crippen molar-refractivity contribution in [2.24, 2.45) is 0 Å². The van der Waals surface area contributed by atoms with Gasteiger partial charge in [0.2, 0.25) is 0 Å². The van der Waals surface area contributed by atoms with Gasteiger partial charge in [0.05, 0.1) is 17.9 Å². The molecule has 0 aliphatic rings. The first-order valence-electron chi connectivity index (χ1n) is 7.14. The van der Waals surface area contributed by atoms with E-state index in [-0.39, 0.29) is 0 Å². The molecule has 134 valence electrons. The summed E-state index contributed by atoms with van der Waals surface area (Å²) in [5.74, 6) is -0.583. The highest BCUT2D eigenvalue weighted by molar-refractivity contribution is 5.99. The number of anilines is 2. The maximum absolute atomic E-state index is 13.6. The van der Waals surface area contributed by atoms with Gasteiger partial charge in [-0.1, -0.05) is 0 Å². The van der Waals surface area contributed by atoms with E-state index >= 15 is 0 Å². The van der Waals surface area contributed by atoms with Crippen LogP contribution in [-0.2, 0) is 11.1 Å². The number of alkyl halides is 3. The first kappa shape index (κ1) is 18.5. The Bertz CT molecular complexity index is 733. The summed E-state index contributed by atoms with van der Waals surface area (Å²) in [7, 11) is 0. The molecular formula is C16H14F4N2O3. The Morgan fingerprint density at radius 1 is 1.08 bits per heavy atom. The molecule has 25 heavy (non-hydrogen) atoms. The van der Waals surface area contributed by atoms with Crippen LogP contribution in [0.15, 0.2) is 42.5 Å². The standard InChI is InChI=1S/C16H14F4N2O3/c1-2-24-25-12-6-4-11(5-7-12)21-15(23)22-14-9-10(16(18,19)20)3-8-13(14)17/h3-9H,2H2,1H3,(H2,21,22,23). The van der Waals surface area contributed by atoms with Crippen LogP contribution in [0.3, 0.4) is 0 Å². The predicted molar refractivity (Wildman–Crippen MR) is 82.7 cm³/mol. The van der Waals surface area contributed by atoms with E-state index in [0.717, 1.165) is 0 Å². The van der Waals surface area contributed by atoms with Crippen molar-refractivity contribution < 1.29 is 32.1 Å². The Kier molecular flexibility index (Phi) is 5.81. The highest BCUT2D eigenvalue weighted by Crippen LogP contribution is 2.31. The van der Waals surface area contributed by atoms with E-state index in [1.807, 2.05) is 5.32 Å². The van der Waals surface area contributed by atoms with E-state index in [9.17, 15) is 22.4 Å². The van der Waals surface area contributed by atoms with Crippen LogP contribution in [0.25, 0.3) is 0 Å². The van der Waals surface area contributed by atoms with Crippen LogP contribution >= 0.6 is 0 Å². The third kappa shape index (κ3) is 5.35. The minimum atomic E-state index is -4.64. The molecule has 2 aromatic carbocycles. The number of rotatable bonds is 5. The number of carbonyl (C=O) groups excluding carboxylic acids is 1. The van der Waals surface area contributed by atoms with Crippen molar-refractivity contribution in [2.75, 3.05) is 17.2 Å². The largest absolute Gasteiger partial charge is 0.416 e. The molecule has 2 amide bonds. The van der Waals surface area contributed by atoms with Gasteiger partial charge in [0.25, 0.3) is 0 Å². The molecule has 0 fully saturated rings. The lowest BCUT2D eigenvalue weighted by Crippen LogP contribution is -2.20. The molecule has 0 radical (unpaired) electrons. The van der Waals surface area contributed by atoms with Crippen LogP contribution in [-0.4, -0.2) is 12.6 Å². The number of benzene rings is 2. The van der Waals surface area contributed by atoms with Crippen molar-refractivity contribution in [3.63, 3.8) is 0 Å². The van der Waals surface area contributed by atoms with Gasteiger partial charge >= 0.3 is 12.2 Å². The minimum absolute atomic E-state index is 0.328. The second-order valence-corrected chi connectivity index (χ2v) is 4.79. The van der Waals surface area contributed by atoms with Gasteiger partial charge < -0.3 is 15.5 Å². The highest BCUT2D eigenvalue weighted by Gasteiger charge is 2.31. The van der Waals surface area contributed by atoms with Gasteiger partial charge in [-0.15, -0.1) is 0 Å². The van der Waals surface area contributed by atoms with Crippen molar-refractivity contribution in [3.8, 4) is 5.75 Å². The van der Waals surface area contributed by atoms with Crippen molar-refractivity contribution >= 4 is 17.4 Å². The summed E-state index contributed by atoms with van der Waals surface area (Å²) in [6.45, 7) is 2.10. The van der Waals surface area contributed by atoms with Crippen LogP contribution < -0.4 is 15.5 Å². The molecule has 5 nitrogen and oxygen atoms in total. The molecule has 0 aliphatic carbocycles. The summed E-state index contributed by atoms with van der Waals surface area (Å²) in [6, 6.07) is 6.85. The van der Waals surface area contributed by atoms with Gasteiger partial charge in [-0.05, 0) is 49.4 Å². The lowest BCUT2D eigenvalue weighted by Gasteiger charge is -2.12. The predicted octanol–water partition coefficient (Wildman–Crippen LogP) is 4.82. The number of hydrogen-bond acceptors (Lipinski definition) is 3. The lowest BCUT2D eigenvalue weighted by molar-refractivity contribution is -0.202. The quantitative estimate of drug-likeness (QED) is 0.458. The average molecular weight is 358 g/mol. The molecule has 2 N–H and O–H groups in total. The molecule has 0 bridgehead atoms. The van der Waals surface area contributed by atoms with Gasteiger partial charge in [-0.3, -0.25) is 0 Å². The topological polar surface area (TPSA) is 59.6 Å². The number of nitrogens with one attached hydrogen (secondary N) is 2. The SMILES string of the molecule is CCOOc1ccc(NC(=O)Nc2cc(C(F)(F)F)ccc2F)cc1. The van der Waals surface area contributed by atoms with E-state index in [1.54, 1.807) is 6.92 Å². The van der Waals surface area contributed by atoms with Crippen LogP contribution in [0.5, 0.6) is 5.75 Å². The second-order valence-electron chi connectivity index (χ2n) is 4.79. The van der Waals surface area contributed by atoms with E-state index < -0.39 is 29.3 Å². The van der Waals surface area contributed by atoms with Crippen LogP contribution in [0, 0.1) is 5.82 Å². The zero-order valence-electron chi connectivity index (χ0n) is 13.0. The van der Waals surface area contributed by atoms with Gasteiger partial charge in [0.1, 0.15) is 5.82 Å². The van der Waals surface area contributed by atoms with Crippen molar-refractivity contribution in [2.45, 2.75) is 13.1 Å². The zero-order valence-corrected chi connectivity index (χ0v) is 13.0. The Morgan fingerprint density at radius 2 is 1.76 bits per heavy atom. The molecule has 2 aromatic rings. The lowest BCUT2D eigenvalue weighted by atomic mass is 10.2. The van der Waals surface area contributed by atoms with Crippen LogP contribution in [0.1, 0.15) is 12.5 Å². The van der Waals surface area contributed by atoms with Gasteiger partial charge in [0, 0.05) is 5.69 Å². The van der Waals surface area contributed by atoms with Crippen molar-refractivity contribution in [1.82, 2.24) is 0 Å². The summed E-state index contributed by atoms with van der Waals surface area (Å²) < 4.78 is 51.5. The highest BCUT2D eigenvalue weighted by atomic mass is 19.4. The van der Waals surface area contributed by atoms with Crippen molar-refractivity contribution in [1.29, 1.82) is 0 Å². The van der Waals surface area contributed by atoms with Crippen molar-refractivity contribution in [3.05, 3.63) is 53.8 Å². The van der Waals surface area contributed by atoms with E-state index in [0.29, 0.717) is 36.2 Å². The number of halogens is 4. The normalized spacial score (nSPS) is 11.1. The van der Waals surface area contributed by atoms with E-state index in [4.69, 9.17) is 9.78 Å². The molecular weight excluding hydrogens is 344 g/mol. The second kappa shape index (κ2) is 7.84. The maximum Gasteiger partial charge on any atom is 0.416 e. The fourth-order valence-corrected chi connectivity index (χ4v) is 1.80. The number of amides is 2. The molecule has 0 saturated heterocycles. The third-order valence-electron chi connectivity index (χ3n) is 2.93. The smallest absolute Gasteiger partial charge is 0.338 e.